The van der Waals surface area contributed by atoms with Crippen molar-refractivity contribution in [1.29, 1.82) is 0 Å². The third-order valence-electron chi connectivity index (χ3n) is 2.08. The summed E-state index contributed by atoms with van der Waals surface area (Å²) in [4.78, 5) is 9.38. The summed E-state index contributed by atoms with van der Waals surface area (Å²) in [6.07, 6.45) is 5.18. The standard InChI is InChI=1S/C10H6N4OS2/c16-10-14-13-8(15-10)7-5-12-9(17-7)6-1-3-11-4-2-6/h1-5H,(H,14,16). The lowest BCUT2D eigenvalue weighted by Crippen LogP contribution is -1.74. The van der Waals surface area contributed by atoms with Gasteiger partial charge in [-0.3, -0.25) is 4.98 Å². The normalized spacial score (nSPS) is 10.6. The highest BCUT2D eigenvalue weighted by molar-refractivity contribution is 7.71. The zero-order chi connectivity index (χ0) is 11.7. The SMILES string of the molecule is S=c1[nH]nc(-c2cnc(-c3ccncc3)s2)o1. The van der Waals surface area contributed by atoms with E-state index < -0.39 is 0 Å². The van der Waals surface area contributed by atoms with Crippen molar-refractivity contribution in [1.82, 2.24) is 20.2 Å². The Kier molecular flexibility index (Phi) is 2.54. The van der Waals surface area contributed by atoms with Crippen molar-refractivity contribution in [2.24, 2.45) is 0 Å². The molecule has 0 fully saturated rings. The Balaban J connectivity index is 2.01. The number of H-pyrrole nitrogens is 1. The molecular formula is C10H6N4OS2. The minimum atomic E-state index is 0.263. The summed E-state index contributed by atoms with van der Waals surface area (Å²) in [7, 11) is 0. The summed E-state index contributed by atoms with van der Waals surface area (Å²) in [5.74, 6) is 0.466. The smallest absolute Gasteiger partial charge is 0.284 e. The predicted octanol–water partition coefficient (Wildman–Crippen LogP) is 2.92. The number of rotatable bonds is 2. The molecule has 0 unspecified atom stereocenters. The molecule has 3 aromatic heterocycles. The Bertz CT molecular complexity index is 685. The molecule has 0 aliphatic rings. The van der Waals surface area contributed by atoms with Crippen molar-refractivity contribution in [3.05, 3.63) is 35.6 Å². The number of aromatic amines is 1. The first kappa shape index (κ1) is 10.3. The van der Waals surface area contributed by atoms with E-state index in [2.05, 4.69) is 20.2 Å². The monoisotopic (exact) mass is 262 g/mol. The summed E-state index contributed by atoms with van der Waals surface area (Å²) in [5, 5.41) is 7.43. The Morgan fingerprint density at radius 1 is 1.29 bits per heavy atom. The van der Waals surface area contributed by atoms with Gasteiger partial charge in [0.1, 0.15) is 9.88 Å². The molecule has 3 rings (SSSR count). The Morgan fingerprint density at radius 2 is 2.12 bits per heavy atom. The van der Waals surface area contributed by atoms with E-state index in [9.17, 15) is 0 Å². The Hall–Kier alpha value is -1.86. The number of nitrogens with zero attached hydrogens (tertiary/aromatic N) is 3. The third-order valence-corrected chi connectivity index (χ3v) is 3.29. The number of thiazole rings is 1. The van der Waals surface area contributed by atoms with Crippen LogP contribution in [0.25, 0.3) is 21.3 Å². The van der Waals surface area contributed by atoms with E-state index in [0.29, 0.717) is 5.89 Å². The first-order chi connectivity index (χ1) is 8.33. The van der Waals surface area contributed by atoms with E-state index in [4.69, 9.17) is 16.6 Å². The Morgan fingerprint density at radius 3 is 2.82 bits per heavy atom. The van der Waals surface area contributed by atoms with Crippen LogP contribution in [-0.2, 0) is 0 Å². The van der Waals surface area contributed by atoms with Crippen LogP contribution in [0.1, 0.15) is 0 Å². The van der Waals surface area contributed by atoms with Crippen LogP contribution in [0.4, 0.5) is 0 Å². The molecule has 0 aromatic carbocycles. The van der Waals surface area contributed by atoms with E-state index in [-0.39, 0.29) is 4.84 Å². The van der Waals surface area contributed by atoms with Gasteiger partial charge in [-0.15, -0.1) is 16.4 Å². The van der Waals surface area contributed by atoms with E-state index >= 15 is 0 Å². The summed E-state index contributed by atoms with van der Waals surface area (Å²) in [6, 6.07) is 3.81. The number of pyridine rings is 1. The van der Waals surface area contributed by atoms with Crippen LogP contribution in [0.15, 0.2) is 35.1 Å². The number of aromatic nitrogens is 4. The summed E-state index contributed by atoms with van der Waals surface area (Å²) >= 11 is 6.32. The molecule has 3 aromatic rings. The van der Waals surface area contributed by atoms with E-state index in [1.807, 2.05) is 12.1 Å². The van der Waals surface area contributed by atoms with E-state index in [1.165, 1.54) is 11.3 Å². The fourth-order valence-electron chi connectivity index (χ4n) is 1.34. The van der Waals surface area contributed by atoms with Crippen molar-refractivity contribution in [3.63, 3.8) is 0 Å². The summed E-state index contributed by atoms with van der Waals surface area (Å²) in [5.41, 5.74) is 1.02. The summed E-state index contributed by atoms with van der Waals surface area (Å²) in [6.45, 7) is 0. The molecule has 0 spiro atoms. The lowest BCUT2D eigenvalue weighted by atomic mass is 10.3. The minimum Gasteiger partial charge on any atom is -0.408 e. The molecule has 0 aliphatic carbocycles. The second-order valence-corrected chi connectivity index (χ2v) is 4.59. The van der Waals surface area contributed by atoms with Gasteiger partial charge < -0.3 is 4.42 Å². The van der Waals surface area contributed by atoms with Crippen LogP contribution in [0, 0.1) is 4.84 Å². The predicted molar refractivity (Wildman–Crippen MR) is 66.0 cm³/mol. The van der Waals surface area contributed by atoms with Crippen molar-refractivity contribution >= 4 is 23.6 Å². The minimum absolute atomic E-state index is 0.263. The maximum Gasteiger partial charge on any atom is 0.284 e. The first-order valence-electron chi connectivity index (χ1n) is 4.75. The van der Waals surface area contributed by atoms with Crippen LogP contribution in [-0.4, -0.2) is 20.2 Å². The van der Waals surface area contributed by atoms with Gasteiger partial charge in [-0.25, -0.2) is 10.1 Å². The molecule has 84 valence electrons. The molecule has 5 nitrogen and oxygen atoms in total. The van der Waals surface area contributed by atoms with E-state index in [1.54, 1.807) is 18.6 Å². The van der Waals surface area contributed by atoms with Crippen LogP contribution in [0.5, 0.6) is 0 Å². The van der Waals surface area contributed by atoms with Gasteiger partial charge >= 0.3 is 0 Å². The van der Waals surface area contributed by atoms with Gasteiger partial charge in [-0.1, -0.05) is 0 Å². The van der Waals surface area contributed by atoms with Gasteiger partial charge in [0.15, 0.2) is 0 Å². The lowest BCUT2D eigenvalue weighted by molar-refractivity contribution is 0.553. The van der Waals surface area contributed by atoms with Gasteiger partial charge in [0.05, 0.1) is 6.20 Å². The molecular weight excluding hydrogens is 256 g/mol. The van der Waals surface area contributed by atoms with Gasteiger partial charge in [0.25, 0.3) is 10.7 Å². The fourth-order valence-corrected chi connectivity index (χ4v) is 2.31. The molecule has 17 heavy (non-hydrogen) atoms. The zero-order valence-corrected chi connectivity index (χ0v) is 10.1. The van der Waals surface area contributed by atoms with Gasteiger partial charge in [-0.05, 0) is 24.4 Å². The highest BCUT2D eigenvalue weighted by Crippen LogP contribution is 2.30. The average molecular weight is 262 g/mol. The molecule has 3 heterocycles. The molecule has 0 radical (unpaired) electrons. The molecule has 0 saturated carbocycles. The largest absolute Gasteiger partial charge is 0.408 e. The first-order valence-corrected chi connectivity index (χ1v) is 5.97. The number of nitrogens with one attached hydrogen (secondary N) is 1. The molecule has 1 N–H and O–H groups in total. The number of hydrogen-bond donors (Lipinski definition) is 1. The van der Waals surface area contributed by atoms with E-state index in [0.717, 1.165) is 15.4 Å². The molecule has 0 atom stereocenters. The van der Waals surface area contributed by atoms with Crippen molar-refractivity contribution < 1.29 is 4.42 Å². The summed E-state index contributed by atoms with van der Waals surface area (Å²) < 4.78 is 5.22. The highest BCUT2D eigenvalue weighted by Gasteiger charge is 2.10. The van der Waals surface area contributed by atoms with Crippen molar-refractivity contribution in [2.45, 2.75) is 0 Å². The second kappa shape index (κ2) is 4.19. The van der Waals surface area contributed by atoms with Crippen LogP contribution < -0.4 is 0 Å². The maximum absolute atomic E-state index is 5.22. The lowest BCUT2D eigenvalue weighted by Gasteiger charge is -1.92. The molecule has 0 amide bonds. The van der Waals surface area contributed by atoms with Crippen LogP contribution in [0.3, 0.4) is 0 Å². The topological polar surface area (TPSA) is 67.6 Å². The maximum atomic E-state index is 5.22. The molecule has 0 bridgehead atoms. The quantitative estimate of drug-likeness (QED) is 0.719. The highest BCUT2D eigenvalue weighted by atomic mass is 32.1. The Labute approximate surface area is 105 Å². The van der Waals surface area contributed by atoms with Crippen molar-refractivity contribution in [2.75, 3.05) is 0 Å². The van der Waals surface area contributed by atoms with Crippen molar-refractivity contribution in [3.8, 4) is 21.3 Å². The molecule has 7 heteroatoms. The van der Waals surface area contributed by atoms with Gasteiger partial charge in [0.2, 0.25) is 0 Å². The fraction of sp³-hybridized carbons (Fsp3) is 0. The van der Waals surface area contributed by atoms with Gasteiger partial charge in [-0.2, -0.15) is 0 Å². The second-order valence-electron chi connectivity index (χ2n) is 3.18. The van der Waals surface area contributed by atoms with Crippen LogP contribution >= 0.6 is 23.6 Å². The third kappa shape index (κ3) is 2.02. The molecule has 0 aliphatic heterocycles. The number of hydrogen-bond acceptors (Lipinski definition) is 6. The average Bonchev–Trinajstić information content (AvgIpc) is 2.98. The van der Waals surface area contributed by atoms with Crippen LogP contribution in [0.2, 0.25) is 0 Å². The molecule has 0 saturated heterocycles. The zero-order valence-electron chi connectivity index (χ0n) is 8.45. The van der Waals surface area contributed by atoms with Gasteiger partial charge in [0, 0.05) is 18.0 Å².